The quantitative estimate of drug-likeness (QED) is 0.564. The van der Waals surface area contributed by atoms with Crippen molar-refractivity contribution in [1.29, 1.82) is 0 Å². The first-order chi connectivity index (χ1) is 6.28. The zero-order chi connectivity index (χ0) is 10.1. The van der Waals surface area contributed by atoms with Crippen molar-refractivity contribution >= 4 is 35.0 Å². The lowest BCUT2D eigenvalue weighted by Crippen LogP contribution is -2.13. The minimum Gasteiger partial charge on any atom is -0.153 e. The van der Waals surface area contributed by atoms with Crippen molar-refractivity contribution in [2.24, 2.45) is 0 Å². The molecular formula is C10H20Cl2S. The number of halogens is 2. The maximum absolute atomic E-state index is 5.88. The van der Waals surface area contributed by atoms with Gasteiger partial charge in [0, 0.05) is 22.3 Å². The largest absolute Gasteiger partial charge is 0.153 e. The molecule has 0 aromatic rings. The summed E-state index contributed by atoms with van der Waals surface area (Å²) in [5.41, 5.74) is 0. The molecule has 0 nitrogen and oxygen atoms in total. The molecule has 2 unspecified atom stereocenters. The minimum absolute atomic E-state index is 0.599. The lowest BCUT2D eigenvalue weighted by molar-refractivity contribution is 0.760. The highest BCUT2D eigenvalue weighted by atomic mass is 35.5. The van der Waals surface area contributed by atoms with Gasteiger partial charge in [0.15, 0.2) is 0 Å². The van der Waals surface area contributed by atoms with Crippen LogP contribution in [0.25, 0.3) is 0 Å². The van der Waals surface area contributed by atoms with E-state index in [0.29, 0.717) is 10.5 Å². The predicted octanol–water partition coefficient (Wildman–Crippen LogP) is 4.53. The zero-order valence-electron chi connectivity index (χ0n) is 8.56. The topological polar surface area (TPSA) is 0 Å². The van der Waals surface area contributed by atoms with Gasteiger partial charge >= 0.3 is 0 Å². The maximum Gasteiger partial charge on any atom is 0.0342 e. The zero-order valence-corrected chi connectivity index (χ0v) is 10.9. The second-order valence-electron chi connectivity index (χ2n) is 3.27. The molecule has 0 N–H and O–H groups in total. The van der Waals surface area contributed by atoms with Gasteiger partial charge in [-0.2, -0.15) is 11.8 Å². The van der Waals surface area contributed by atoms with E-state index in [-0.39, 0.29) is 0 Å². The van der Waals surface area contributed by atoms with Crippen molar-refractivity contribution in [2.45, 2.75) is 50.0 Å². The van der Waals surface area contributed by atoms with Crippen LogP contribution in [0.2, 0.25) is 0 Å². The second kappa shape index (κ2) is 9.48. The van der Waals surface area contributed by atoms with E-state index < -0.39 is 0 Å². The Bertz CT molecular complexity index is 97.1. The van der Waals surface area contributed by atoms with Crippen molar-refractivity contribution in [2.75, 3.05) is 11.8 Å². The number of hydrogen-bond acceptors (Lipinski definition) is 1. The number of alkyl halides is 2. The van der Waals surface area contributed by atoms with E-state index in [4.69, 9.17) is 23.2 Å². The van der Waals surface area contributed by atoms with Gasteiger partial charge in [0.1, 0.15) is 0 Å². The minimum atomic E-state index is 0.599. The van der Waals surface area contributed by atoms with Crippen LogP contribution in [0.4, 0.5) is 0 Å². The Kier molecular flexibility index (Phi) is 10.2. The molecule has 0 aliphatic rings. The summed E-state index contributed by atoms with van der Waals surface area (Å²) in [6.45, 7) is 4.41. The summed E-state index contributed by atoms with van der Waals surface area (Å²) >= 11 is 13.7. The van der Waals surface area contributed by atoms with Crippen LogP contribution in [0.3, 0.4) is 0 Å². The monoisotopic (exact) mass is 242 g/mol. The lowest BCUT2D eigenvalue weighted by atomic mass is 10.3. The van der Waals surface area contributed by atoms with Gasteiger partial charge in [-0.25, -0.2) is 0 Å². The van der Waals surface area contributed by atoms with Crippen molar-refractivity contribution < 1.29 is 0 Å². The highest BCUT2D eigenvalue weighted by Gasteiger charge is 2.14. The molecule has 2 atom stereocenters. The average Bonchev–Trinajstić information content (AvgIpc) is 2.16. The fourth-order valence-corrected chi connectivity index (χ4v) is 3.46. The first-order valence-electron chi connectivity index (χ1n) is 5.05. The van der Waals surface area contributed by atoms with Crippen molar-refractivity contribution in [3.8, 4) is 0 Å². The molecule has 0 aromatic heterocycles. The summed E-state index contributed by atoms with van der Waals surface area (Å²) in [4.78, 5) is 0. The maximum atomic E-state index is 5.88. The Balaban J connectivity index is 3.73. The van der Waals surface area contributed by atoms with E-state index in [1.807, 2.05) is 11.8 Å². The smallest absolute Gasteiger partial charge is 0.0342 e. The average molecular weight is 243 g/mol. The molecule has 0 aromatic carbocycles. The van der Waals surface area contributed by atoms with Crippen molar-refractivity contribution in [3.63, 3.8) is 0 Å². The summed E-state index contributed by atoms with van der Waals surface area (Å²) < 4.78 is 0. The van der Waals surface area contributed by atoms with Crippen LogP contribution in [0.5, 0.6) is 0 Å². The van der Waals surface area contributed by atoms with Crippen LogP contribution in [0, 0.1) is 0 Å². The third kappa shape index (κ3) is 6.93. The molecule has 13 heavy (non-hydrogen) atoms. The molecule has 3 heteroatoms. The Morgan fingerprint density at radius 2 is 1.31 bits per heavy atom. The molecule has 0 saturated carbocycles. The number of hydrogen-bond donors (Lipinski definition) is 0. The van der Waals surface area contributed by atoms with Crippen LogP contribution >= 0.6 is 35.0 Å². The standard InChI is InChI=1S/C10H20Cl2S/c1-3-5-9(7-11)13-10(8-12)6-4-2/h9-10H,3-8H2,1-2H3. The first-order valence-corrected chi connectivity index (χ1v) is 7.06. The Hall–Kier alpha value is 0.930. The molecule has 0 amide bonds. The van der Waals surface area contributed by atoms with E-state index in [2.05, 4.69) is 13.8 Å². The van der Waals surface area contributed by atoms with Crippen molar-refractivity contribution in [3.05, 3.63) is 0 Å². The fraction of sp³-hybridized carbons (Fsp3) is 1.00. The summed E-state index contributed by atoms with van der Waals surface area (Å²) in [6.07, 6.45) is 4.85. The molecule has 0 fully saturated rings. The van der Waals surface area contributed by atoms with Crippen LogP contribution in [-0.2, 0) is 0 Å². The molecule has 0 aliphatic heterocycles. The molecule has 0 aliphatic carbocycles. The van der Waals surface area contributed by atoms with Gasteiger partial charge in [0.2, 0.25) is 0 Å². The van der Waals surface area contributed by atoms with Gasteiger partial charge < -0.3 is 0 Å². The fourth-order valence-electron chi connectivity index (χ4n) is 1.28. The molecule has 0 radical (unpaired) electrons. The number of thioether (sulfide) groups is 1. The van der Waals surface area contributed by atoms with E-state index in [0.717, 1.165) is 11.8 Å². The van der Waals surface area contributed by atoms with Gasteiger partial charge in [0.05, 0.1) is 0 Å². The molecule has 0 bridgehead atoms. The van der Waals surface area contributed by atoms with Crippen LogP contribution < -0.4 is 0 Å². The van der Waals surface area contributed by atoms with E-state index >= 15 is 0 Å². The van der Waals surface area contributed by atoms with Gasteiger partial charge in [0.25, 0.3) is 0 Å². The number of rotatable bonds is 8. The van der Waals surface area contributed by atoms with Gasteiger partial charge in [-0.1, -0.05) is 26.7 Å². The van der Waals surface area contributed by atoms with Crippen LogP contribution in [0.1, 0.15) is 39.5 Å². The summed E-state index contributed by atoms with van der Waals surface area (Å²) in [7, 11) is 0. The third-order valence-corrected chi connectivity index (χ3v) is 4.64. The highest BCUT2D eigenvalue weighted by Crippen LogP contribution is 2.26. The SMILES string of the molecule is CCCC(CCl)SC(CCl)CCC. The molecule has 0 rings (SSSR count). The molecule has 80 valence electrons. The second-order valence-corrected chi connectivity index (χ2v) is 5.49. The normalized spacial score (nSPS) is 15.7. The Morgan fingerprint density at radius 1 is 0.923 bits per heavy atom. The third-order valence-electron chi connectivity index (χ3n) is 1.95. The first kappa shape index (κ1) is 13.9. The lowest BCUT2D eigenvalue weighted by Gasteiger charge is -2.19. The summed E-state index contributed by atoms with van der Waals surface area (Å²) in [6, 6.07) is 0. The highest BCUT2D eigenvalue weighted by molar-refractivity contribution is 8.00. The van der Waals surface area contributed by atoms with E-state index in [1.54, 1.807) is 0 Å². The Labute approximate surface area is 96.8 Å². The Morgan fingerprint density at radius 3 is 1.54 bits per heavy atom. The molecule has 0 heterocycles. The van der Waals surface area contributed by atoms with Gasteiger partial charge in [-0.05, 0) is 12.8 Å². The van der Waals surface area contributed by atoms with Crippen molar-refractivity contribution in [1.82, 2.24) is 0 Å². The van der Waals surface area contributed by atoms with Crippen LogP contribution in [0.15, 0.2) is 0 Å². The van der Waals surface area contributed by atoms with Gasteiger partial charge in [-0.15, -0.1) is 23.2 Å². The molecular weight excluding hydrogens is 223 g/mol. The predicted molar refractivity (Wildman–Crippen MR) is 66.4 cm³/mol. The molecule has 0 spiro atoms. The summed E-state index contributed by atoms with van der Waals surface area (Å²) in [5.74, 6) is 1.52. The van der Waals surface area contributed by atoms with E-state index in [1.165, 1.54) is 25.7 Å². The summed E-state index contributed by atoms with van der Waals surface area (Å²) in [5, 5.41) is 1.20. The van der Waals surface area contributed by atoms with Crippen LogP contribution in [-0.4, -0.2) is 22.3 Å². The molecule has 0 saturated heterocycles. The van der Waals surface area contributed by atoms with Gasteiger partial charge in [-0.3, -0.25) is 0 Å². The van der Waals surface area contributed by atoms with E-state index in [9.17, 15) is 0 Å².